The number of amides is 2. The van der Waals surface area contributed by atoms with E-state index >= 15 is 0 Å². The number of hydrogen-bond acceptors (Lipinski definition) is 4. The Balaban J connectivity index is 1.98. The summed E-state index contributed by atoms with van der Waals surface area (Å²) in [5.41, 5.74) is 6.28. The molecule has 1 atom stereocenters. The third-order valence-corrected chi connectivity index (χ3v) is 3.13. The maximum Gasteiger partial charge on any atom is 0.404 e. The van der Waals surface area contributed by atoms with Gasteiger partial charge in [0, 0.05) is 13.0 Å². The molecule has 19 heavy (non-hydrogen) atoms. The van der Waals surface area contributed by atoms with Gasteiger partial charge in [-0.2, -0.15) is 5.10 Å². The van der Waals surface area contributed by atoms with Crippen molar-refractivity contribution in [1.29, 1.82) is 0 Å². The van der Waals surface area contributed by atoms with Gasteiger partial charge < -0.3 is 15.4 Å². The van der Waals surface area contributed by atoms with Gasteiger partial charge in [-0.1, -0.05) is 13.8 Å². The summed E-state index contributed by atoms with van der Waals surface area (Å²) < 4.78 is 4.89. The lowest BCUT2D eigenvalue weighted by Gasteiger charge is -2.14. The highest BCUT2D eigenvalue weighted by molar-refractivity contribution is 5.92. The number of rotatable bonds is 3. The molecule has 0 radical (unpaired) electrons. The largest absolute Gasteiger partial charge is 0.444 e. The molecule has 0 bridgehead atoms. The van der Waals surface area contributed by atoms with E-state index in [1.807, 2.05) is 13.8 Å². The summed E-state index contributed by atoms with van der Waals surface area (Å²) in [6.07, 6.45) is -0.503. The predicted molar refractivity (Wildman–Crippen MR) is 67.7 cm³/mol. The van der Waals surface area contributed by atoms with Crippen LogP contribution < -0.4 is 5.73 Å². The van der Waals surface area contributed by atoms with Crippen LogP contribution in [-0.4, -0.2) is 46.3 Å². The van der Waals surface area contributed by atoms with E-state index in [0.717, 1.165) is 5.69 Å². The number of likely N-dealkylation sites (tertiary alicyclic amines) is 1. The van der Waals surface area contributed by atoms with Gasteiger partial charge in [-0.15, -0.1) is 0 Å². The van der Waals surface area contributed by atoms with E-state index in [0.29, 0.717) is 25.2 Å². The number of nitrogens with zero attached hydrogens (tertiary/aromatic N) is 2. The summed E-state index contributed by atoms with van der Waals surface area (Å²) in [7, 11) is 0. The van der Waals surface area contributed by atoms with Crippen molar-refractivity contribution in [2.24, 2.45) is 5.73 Å². The molecule has 2 rings (SSSR count). The summed E-state index contributed by atoms with van der Waals surface area (Å²) in [6.45, 7) is 4.94. The number of hydrogen-bond donors (Lipinski definition) is 2. The second-order valence-electron chi connectivity index (χ2n) is 4.96. The van der Waals surface area contributed by atoms with Crippen LogP contribution in [0.25, 0.3) is 0 Å². The fourth-order valence-corrected chi connectivity index (χ4v) is 2.09. The van der Waals surface area contributed by atoms with Crippen molar-refractivity contribution in [2.45, 2.75) is 32.3 Å². The van der Waals surface area contributed by atoms with E-state index in [1.54, 1.807) is 11.0 Å². The van der Waals surface area contributed by atoms with Gasteiger partial charge in [-0.05, 0) is 12.0 Å². The molecule has 0 aromatic carbocycles. The topological polar surface area (TPSA) is 101 Å². The minimum atomic E-state index is -0.803. The van der Waals surface area contributed by atoms with E-state index in [2.05, 4.69) is 10.2 Å². The Kier molecular flexibility index (Phi) is 3.73. The first-order valence-electron chi connectivity index (χ1n) is 6.28. The van der Waals surface area contributed by atoms with Crippen LogP contribution in [0.1, 0.15) is 42.4 Å². The van der Waals surface area contributed by atoms with E-state index < -0.39 is 6.09 Å². The highest BCUT2D eigenvalue weighted by Crippen LogP contribution is 2.17. The Labute approximate surface area is 111 Å². The van der Waals surface area contributed by atoms with Crippen LogP contribution in [0.15, 0.2) is 6.07 Å². The van der Waals surface area contributed by atoms with Crippen molar-refractivity contribution >= 4 is 12.0 Å². The van der Waals surface area contributed by atoms with Crippen LogP contribution in [0.5, 0.6) is 0 Å². The van der Waals surface area contributed by atoms with Gasteiger partial charge in [0.05, 0.1) is 12.2 Å². The predicted octanol–water partition coefficient (Wildman–Crippen LogP) is 0.843. The first kappa shape index (κ1) is 13.4. The molecule has 0 saturated carbocycles. The molecule has 2 amide bonds. The molecule has 1 aliphatic heterocycles. The molecule has 7 heteroatoms. The molecule has 1 aliphatic rings. The smallest absolute Gasteiger partial charge is 0.404 e. The third-order valence-electron chi connectivity index (χ3n) is 3.13. The monoisotopic (exact) mass is 266 g/mol. The number of primary amides is 1. The van der Waals surface area contributed by atoms with Gasteiger partial charge >= 0.3 is 6.09 Å². The van der Waals surface area contributed by atoms with Crippen LogP contribution >= 0.6 is 0 Å². The number of carbonyl (C=O) groups excluding carboxylic acids is 2. The number of ether oxygens (including phenoxy) is 1. The number of aromatic amines is 1. The lowest BCUT2D eigenvalue weighted by molar-refractivity contribution is 0.0734. The van der Waals surface area contributed by atoms with Gasteiger partial charge in [-0.3, -0.25) is 9.89 Å². The van der Waals surface area contributed by atoms with Crippen molar-refractivity contribution in [3.8, 4) is 0 Å². The maximum atomic E-state index is 12.2. The average molecular weight is 266 g/mol. The Hall–Kier alpha value is -2.05. The van der Waals surface area contributed by atoms with Crippen molar-refractivity contribution in [2.75, 3.05) is 13.1 Å². The Morgan fingerprint density at radius 2 is 2.32 bits per heavy atom. The Bertz CT molecular complexity index is 483. The Morgan fingerprint density at radius 3 is 2.89 bits per heavy atom. The minimum Gasteiger partial charge on any atom is -0.444 e. The SMILES string of the molecule is CC(C)c1cc(C(=O)N2CCC(OC(N)=O)C2)[nH]n1. The normalized spacial score (nSPS) is 18.9. The molecular formula is C12H18N4O3. The zero-order valence-electron chi connectivity index (χ0n) is 11.0. The fraction of sp³-hybridized carbons (Fsp3) is 0.583. The second kappa shape index (κ2) is 5.29. The van der Waals surface area contributed by atoms with Gasteiger partial charge in [0.2, 0.25) is 0 Å². The van der Waals surface area contributed by atoms with Gasteiger partial charge in [-0.25, -0.2) is 4.79 Å². The molecule has 1 fully saturated rings. The summed E-state index contributed by atoms with van der Waals surface area (Å²) in [5.74, 6) is 0.136. The van der Waals surface area contributed by atoms with Crippen molar-refractivity contribution in [3.63, 3.8) is 0 Å². The highest BCUT2D eigenvalue weighted by Gasteiger charge is 2.29. The zero-order chi connectivity index (χ0) is 14.0. The van der Waals surface area contributed by atoms with E-state index in [9.17, 15) is 9.59 Å². The van der Waals surface area contributed by atoms with Crippen LogP contribution in [0.2, 0.25) is 0 Å². The molecule has 1 aromatic rings. The zero-order valence-corrected chi connectivity index (χ0v) is 11.0. The molecule has 1 saturated heterocycles. The highest BCUT2D eigenvalue weighted by atomic mass is 16.6. The second-order valence-corrected chi connectivity index (χ2v) is 4.96. The van der Waals surface area contributed by atoms with Crippen molar-refractivity contribution in [1.82, 2.24) is 15.1 Å². The molecule has 1 aromatic heterocycles. The number of H-pyrrole nitrogens is 1. The number of aromatic nitrogens is 2. The fourth-order valence-electron chi connectivity index (χ4n) is 2.09. The molecule has 2 heterocycles. The van der Waals surface area contributed by atoms with E-state index in [-0.39, 0.29) is 17.9 Å². The number of nitrogens with two attached hydrogens (primary N) is 1. The van der Waals surface area contributed by atoms with Crippen molar-refractivity contribution in [3.05, 3.63) is 17.5 Å². The third kappa shape index (κ3) is 3.04. The molecule has 3 N–H and O–H groups in total. The average Bonchev–Trinajstić information content (AvgIpc) is 2.95. The molecule has 0 aliphatic carbocycles. The van der Waals surface area contributed by atoms with Crippen LogP contribution in [0.4, 0.5) is 4.79 Å². The summed E-state index contributed by atoms with van der Waals surface area (Å²) in [6, 6.07) is 1.76. The molecule has 104 valence electrons. The first-order valence-corrected chi connectivity index (χ1v) is 6.28. The molecule has 1 unspecified atom stereocenters. The number of carbonyl (C=O) groups is 2. The van der Waals surface area contributed by atoms with Gasteiger partial charge in [0.15, 0.2) is 0 Å². The lowest BCUT2D eigenvalue weighted by Crippen LogP contribution is -2.31. The standard InChI is InChI=1S/C12H18N4O3/c1-7(2)9-5-10(15-14-9)11(17)16-4-3-8(6-16)19-12(13)18/h5,7-8H,3-4,6H2,1-2H3,(H2,13,18)(H,14,15). The van der Waals surface area contributed by atoms with Crippen LogP contribution in [-0.2, 0) is 4.74 Å². The van der Waals surface area contributed by atoms with Gasteiger partial charge in [0.1, 0.15) is 11.8 Å². The van der Waals surface area contributed by atoms with Gasteiger partial charge in [0.25, 0.3) is 5.91 Å². The molecular weight excluding hydrogens is 248 g/mol. The minimum absolute atomic E-state index is 0.130. The quantitative estimate of drug-likeness (QED) is 0.846. The van der Waals surface area contributed by atoms with Crippen LogP contribution in [0.3, 0.4) is 0 Å². The summed E-state index contributed by atoms with van der Waals surface area (Å²) >= 11 is 0. The van der Waals surface area contributed by atoms with E-state index in [4.69, 9.17) is 10.5 Å². The van der Waals surface area contributed by atoms with Crippen molar-refractivity contribution < 1.29 is 14.3 Å². The lowest BCUT2D eigenvalue weighted by atomic mass is 10.1. The summed E-state index contributed by atoms with van der Waals surface area (Å²) in [5, 5.41) is 6.84. The Morgan fingerprint density at radius 1 is 1.58 bits per heavy atom. The first-order chi connectivity index (χ1) is 8.97. The maximum absolute atomic E-state index is 12.2. The number of nitrogens with one attached hydrogen (secondary N) is 1. The van der Waals surface area contributed by atoms with Crippen LogP contribution in [0, 0.1) is 0 Å². The molecule has 7 nitrogen and oxygen atoms in total. The summed E-state index contributed by atoms with van der Waals surface area (Å²) in [4.78, 5) is 24.5. The van der Waals surface area contributed by atoms with E-state index in [1.165, 1.54) is 0 Å². The molecule has 0 spiro atoms.